The number of nitrogens with zero attached hydrogens (tertiary/aromatic N) is 3. The van der Waals surface area contributed by atoms with Crippen LogP contribution in [0, 0.1) is 0 Å². The normalized spacial score (nSPS) is 10.9. The number of aromatic nitrogens is 3. The molecule has 2 aromatic heterocycles. The number of amides is 1. The number of rotatable bonds is 10. The standard InChI is InChI=1S/C20H23N7O4S/c1-21-32(29,30)20-26-16(13-17(27-20)25-14-7-4-3-5-8-14)22-11-12-23-18(28)15-9-6-10-24-19(15)31-2/h3-10,13,21H,11-12H2,1-2H3,(H,23,28)(H2,22,25,26,27). The smallest absolute Gasteiger partial charge is 0.276 e. The molecule has 12 heteroatoms. The molecule has 0 aliphatic rings. The minimum Gasteiger partial charge on any atom is -0.480 e. The molecular weight excluding hydrogens is 434 g/mol. The van der Waals surface area contributed by atoms with Crippen molar-refractivity contribution in [2.24, 2.45) is 0 Å². The van der Waals surface area contributed by atoms with Crippen LogP contribution < -0.4 is 25.4 Å². The van der Waals surface area contributed by atoms with E-state index in [1.165, 1.54) is 20.4 Å². The lowest BCUT2D eigenvalue weighted by atomic mass is 10.2. The van der Waals surface area contributed by atoms with E-state index in [-0.39, 0.29) is 35.9 Å². The highest BCUT2D eigenvalue weighted by atomic mass is 32.2. The topological polar surface area (TPSA) is 147 Å². The fourth-order valence-corrected chi connectivity index (χ4v) is 3.27. The summed E-state index contributed by atoms with van der Waals surface area (Å²) in [5.41, 5.74) is 1.05. The van der Waals surface area contributed by atoms with Crippen LogP contribution in [0.15, 0.2) is 59.9 Å². The van der Waals surface area contributed by atoms with Crippen LogP contribution in [-0.4, -0.2) is 56.5 Å². The summed E-state index contributed by atoms with van der Waals surface area (Å²) in [5, 5.41) is 8.41. The Morgan fingerprint density at radius 2 is 1.78 bits per heavy atom. The second-order valence-electron chi connectivity index (χ2n) is 6.36. The van der Waals surface area contributed by atoms with Crippen LogP contribution in [-0.2, 0) is 10.0 Å². The van der Waals surface area contributed by atoms with Crippen LogP contribution in [0.5, 0.6) is 5.88 Å². The van der Waals surface area contributed by atoms with Gasteiger partial charge in [0.25, 0.3) is 21.1 Å². The zero-order valence-corrected chi connectivity index (χ0v) is 18.3. The summed E-state index contributed by atoms with van der Waals surface area (Å²) in [4.78, 5) is 24.5. The zero-order chi connectivity index (χ0) is 23.0. The third-order valence-corrected chi connectivity index (χ3v) is 5.39. The molecule has 0 saturated carbocycles. The molecule has 0 bridgehead atoms. The number of carbonyl (C=O) groups excluding carboxylic acids is 1. The van der Waals surface area contributed by atoms with Gasteiger partial charge in [0.05, 0.1) is 7.11 Å². The van der Waals surface area contributed by atoms with Crippen molar-refractivity contribution in [2.75, 3.05) is 37.9 Å². The van der Waals surface area contributed by atoms with Crippen molar-refractivity contribution in [3.63, 3.8) is 0 Å². The number of anilines is 3. The fraction of sp³-hybridized carbons (Fsp3) is 0.200. The second-order valence-corrected chi connectivity index (χ2v) is 8.14. The number of para-hydroxylation sites is 1. The third kappa shape index (κ3) is 5.89. The number of carbonyl (C=O) groups is 1. The molecule has 0 fully saturated rings. The van der Waals surface area contributed by atoms with Gasteiger partial charge in [0.15, 0.2) is 0 Å². The van der Waals surface area contributed by atoms with E-state index in [1.54, 1.807) is 18.2 Å². The van der Waals surface area contributed by atoms with E-state index in [0.29, 0.717) is 11.4 Å². The van der Waals surface area contributed by atoms with Crippen molar-refractivity contribution in [3.05, 3.63) is 60.3 Å². The molecule has 32 heavy (non-hydrogen) atoms. The monoisotopic (exact) mass is 457 g/mol. The van der Waals surface area contributed by atoms with Gasteiger partial charge in [-0.1, -0.05) is 18.2 Å². The van der Waals surface area contributed by atoms with E-state index in [1.807, 2.05) is 30.3 Å². The molecule has 4 N–H and O–H groups in total. The molecule has 1 aromatic carbocycles. The molecule has 1 amide bonds. The SMILES string of the molecule is CNS(=O)(=O)c1nc(NCCNC(=O)c2cccnc2OC)cc(Nc2ccccc2)n1. The second kappa shape index (κ2) is 10.5. The fourth-order valence-electron chi connectivity index (χ4n) is 2.65. The van der Waals surface area contributed by atoms with Crippen LogP contribution in [0.4, 0.5) is 17.3 Å². The Hall–Kier alpha value is -3.77. The van der Waals surface area contributed by atoms with Crippen molar-refractivity contribution in [3.8, 4) is 5.88 Å². The Balaban J connectivity index is 1.69. The number of nitrogens with one attached hydrogen (secondary N) is 4. The molecule has 0 unspecified atom stereocenters. The lowest BCUT2D eigenvalue weighted by molar-refractivity contribution is 0.0951. The average molecular weight is 458 g/mol. The van der Waals surface area contributed by atoms with Crippen LogP contribution >= 0.6 is 0 Å². The lowest BCUT2D eigenvalue weighted by Gasteiger charge is -2.12. The van der Waals surface area contributed by atoms with E-state index < -0.39 is 10.0 Å². The van der Waals surface area contributed by atoms with Crippen LogP contribution in [0.25, 0.3) is 0 Å². The average Bonchev–Trinajstić information content (AvgIpc) is 2.82. The van der Waals surface area contributed by atoms with Crippen molar-refractivity contribution in [2.45, 2.75) is 5.16 Å². The maximum Gasteiger partial charge on any atom is 0.276 e. The number of sulfonamides is 1. The number of ether oxygens (including phenoxy) is 1. The van der Waals surface area contributed by atoms with Crippen molar-refractivity contribution in [1.29, 1.82) is 0 Å². The highest BCUT2D eigenvalue weighted by Crippen LogP contribution is 2.19. The highest BCUT2D eigenvalue weighted by molar-refractivity contribution is 7.89. The maximum absolute atomic E-state index is 12.3. The number of hydrogen-bond donors (Lipinski definition) is 4. The van der Waals surface area contributed by atoms with Crippen LogP contribution in [0.1, 0.15) is 10.4 Å². The first kappa shape index (κ1) is 22.9. The van der Waals surface area contributed by atoms with Crippen molar-refractivity contribution < 1.29 is 17.9 Å². The first-order valence-corrected chi connectivity index (χ1v) is 11.1. The Kier molecular flexibility index (Phi) is 7.52. The molecule has 0 aliphatic heterocycles. The molecule has 0 spiro atoms. The minimum absolute atomic E-state index is 0.229. The summed E-state index contributed by atoms with van der Waals surface area (Å²) < 4.78 is 31.7. The van der Waals surface area contributed by atoms with Crippen molar-refractivity contribution in [1.82, 2.24) is 25.0 Å². The minimum atomic E-state index is -3.87. The van der Waals surface area contributed by atoms with Crippen molar-refractivity contribution >= 4 is 33.3 Å². The molecule has 0 saturated heterocycles. The summed E-state index contributed by atoms with van der Waals surface area (Å²) in [6.45, 7) is 0.533. The molecule has 0 aliphatic carbocycles. The molecule has 0 radical (unpaired) electrons. The van der Waals surface area contributed by atoms with E-state index >= 15 is 0 Å². The van der Waals surface area contributed by atoms with Gasteiger partial charge in [0, 0.05) is 31.0 Å². The highest BCUT2D eigenvalue weighted by Gasteiger charge is 2.18. The number of methoxy groups -OCH3 is 1. The van der Waals surface area contributed by atoms with Gasteiger partial charge in [-0.2, -0.15) is 9.97 Å². The largest absolute Gasteiger partial charge is 0.480 e. The molecule has 3 aromatic rings. The van der Waals surface area contributed by atoms with E-state index in [9.17, 15) is 13.2 Å². The zero-order valence-electron chi connectivity index (χ0n) is 17.5. The summed E-state index contributed by atoms with van der Waals surface area (Å²) in [6, 6.07) is 14.0. The van der Waals surface area contributed by atoms with Gasteiger partial charge in [-0.3, -0.25) is 4.79 Å². The summed E-state index contributed by atoms with van der Waals surface area (Å²) in [5.74, 6) is 0.462. The number of pyridine rings is 1. The Bertz CT molecular complexity index is 1170. The number of hydrogen-bond acceptors (Lipinski definition) is 9. The predicted molar refractivity (Wildman–Crippen MR) is 120 cm³/mol. The first-order chi connectivity index (χ1) is 15.4. The van der Waals surface area contributed by atoms with Gasteiger partial charge in [-0.25, -0.2) is 18.1 Å². The quantitative estimate of drug-likeness (QED) is 0.262. The maximum atomic E-state index is 12.3. The molecule has 0 atom stereocenters. The predicted octanol–water partition coefficient (Wildman–Crippen LogP) is 1.37. The summed E-state index contributed by atoms with van der Waals surface area (Å²) in [6.07, 6.45) is 1.53. The van der Waals surface area contributed by atoms with Gasteiger partial charge in [0.2, 0.25) is 5.88 Å². The van der Waals surface area contributed by atoms with E-state index in [4.69, 9.17) is 4.74 Å². The summed E-state index contributed by atoms with van der Waals surface area (Å²) in [7, 11) is -1.14. The summed E-state index contributed by atoms with van der Waals surface area (Å²) >= 11 is 0. The van der Waals surface area contributed by atoms with E-state index in [0.717, 1.165) is 5.69 Å². The Morgan fingerprint density at radius 1 is 1.03 bits per heavy atom. The third-order valence-electron chi connectivity index (χ3n) is 4.19. The van der Waals surface area contributed by atoms with Gasteiger partial charge >= 0.3 is 0 Å². The lowest BCUT2D eigenvalue weighted by Crippen LogP contribution is -2.29. The molecule has 3 rings (SSSR count). The Labute approximate surface area is 185 Å². The molecule has 2 heterocycles. The first-order valence-electron chi connectivity index (χ1n) is 9.58. The van der Waals surface area contributed by atoms with Gasteiger partial charge < -0.3 is 20.7 Å². The van der Waals surface area contributed by atoms with Gasteiger partial charge in [-0.15, -0.1) is 0 Å². The van der Waals surface area contributed by atoms with Gasteiger partial charge in [-0.05, 0) is 31.3 Å². The molecule has 168 valence electrons. The Morgan fingerprint density at radius 3 is 2.50 bits per heavy atom. The molecule has 11 nitrogen and oxygen atoms in total. The number of benzene rings is 1. The molecular formula is C20H23N7O4S. The van der Waals surface area contributed by atoms with Gasteiger partial charge in [0.1, 0.15) is 17.2 Å². The van der Waals surface area contributed by atoms with Crippen LogP contribution in [0.3, 0.4) is 0 Å². The van der Waals surface area contributed by atoms with E-state index in [2.05, 4.69) is 35.6 Å². The van der Waals surface area contributed by atoms with Crippen LogP contribution in [0.2, 0.25) is 0 Å².